The number of nitrogens with two attached hydrogens (primary N) is 1. The Hall–Kier alpha value is -3.47. The Balaban J connectivity index is 2.20. The fourth-order valence-electron chi connectivity index (χ4n) is 4.02. The summed E-state index contributed by atoms with van der Waals surface area (Å²) in [7, 11) is 1.09. The molecule has 12 heteroatoms. The first kappa shape index (κ1) is 26.6. The van der Waals surface area contributed by atoms with Crippen molar-refractivity contribution in [2.45, 2.75) is 12.8 Å². The lowest BCUT2D eigenvalue weighted by molar-refractivity contribution is -0.138. The fraction of sp³-hybridized carbons (Fsp3) is 0.160. The number of thiazole rings is 1. The molecule has 2 heterocycles. The topological polar surface area (TPSA) is 101 Å². The van der Waals surface area contributed by atoms with E-state index in [2.05, 4.69) is 0 Å². The summed E-state index contributed by atoms with van der Waals surface area (Å²) in [6.07, 6.45) is 1.20. The summed E-state index contributed by atoms with van der Waals surface area (Å²) in [5.41, 5.74) is 4.61. The molecular weight excluding hydrogens is 549 g/mol. The van der Waals surface area contributed by atoms with Crippen molar-refractivity contribution in [1.29, 1.82) is 0 Å². The predicted molar refractivity (Wildman–Crippen MR) is 136 cm³/mol. The molecule has 0 spiro atoms. The minimum absolute atomic E-state index is 0.0414. The van der Waals surface area contributed by atoms with Crippen LogP contribution < -0.4 is 20.5 Å². The molecule has 37 heavy (non-hydrogen) atoms. The first-order valence-electron chi connectivity index (χ1n) is 10.7. The number of hydrogen-bond acceptors (Lipinski definition) is 7. The number of halogens is 4. The van der Waals surface area contributed by atoms with E-state index in [9.17, 15) is 18.8 Å². The van der Waals surface area contributed by atoms with Crippen LogP contribution in [0.5, 0.6) is 0 Å². The number of aromatic nitrogens is 1. The largest absolute Gasteiger partial charge is 0.466 e. The SMILES string of the molecule is CCOC(=O)C1=C(N)n2c(s/c(=C\c3c(F)cccc3Cl)c2=O)=C(C(=O)OC)C1c1c(F)cccc1Cl. The van der Waals surface area contributed by atoms with Gasteiger partial charge in [0.2, 0.25) is 0 Å². The molecule has 0 saturated carbocycles. The van der Waals surface area contributed by atoms with Crippen LogP contribution in [-0.2, 0) is 19.1 Å². The third-order valence-corrected chi connectivity index (χ3v) is 7.38. The van der Waals surface area contributed by atoms with Gasteiger partial charge >= 0.3 is 11.9 Å². The Bertz CT molecular complexity index is 1620. The number of fused-ring (bicyclic) bond motifs is 1. The lowest BCUT2D eigenvalue weighted by Gasteiger charge is -2.27. The summed E-state index contributed by atoms with van der Waals surface area (Å²) >= 11 is 13.2. The highest BCUT2D eigenvalue weighted by Gasteiger charge is 2.41. The average Bonchev–Trinajstić information content (AvgIpc) is 3.17. The van der Waals surface area contributed by atoms with Gasteiger partial charge in [0, 0.05) is 16.1 Å². The molecule has 0 bridgehead atoms. The molecule has 2 N–H and O–H groups in total. The van der Waals surface area contributed by atoms with Gasteiger partial charge in [-0.25, -0.2) is 18.4 Å². The molecule has 4 rings (SSSR count). The molecule has 7 nitrogen and oxygen atoms in total. The first-order chi connectivity index (χ1) is 17.6. The van der Waals surface area contributed by atoms with Crippen molar-refractivity contribution in [3.8, 4) is 0 Å². The smallest absolute Gasteiger partial charge is 0.338 e. The van der Waals surface area contributed by atoms with E-state index in [0.29, 0.717) is 0 Å². The molecule has 1 aromatic heterocycles. The Morgan fingerprint density at radius 3 is 2.32 bits per heavy atom. The molecule has 0 fully saturated rings. The number of rotatable bonds is 5. The number of carbonyl (C=O) groups excluding carboxylic acids is 2. The molecule has 0 radical (unpaired) electrons. The number of nitrogens with zero attached hydrogens (tertiary/aromatic N) is 1. The van der Waals surface area contributed by atoms with Crippen LogP contribution in [0.25, 0.3) is 17.5 Å². The van der Waals surface area contributed by atoms with E-state index in [1.54, 1.807) is 6.92 Å². The van der Waals surface area contributed by atoms with Crippen LogP contribution in [0.2, 0.25) is 10.0 Å². The minimum atomic E-state index is -1.47. The van der Waals surface area contributed by atoms with Gasteiger partial charge in [-0.2, -0.15) is 0 Å². The van der Waals surface area contributed by atoms with Crippen molar-refractivity contribution >= 4 is 63.9 Å². The minimum Gasteiger partial charge on any atom is -0.466 e. The maximum atomic E-state index is 15.2. The second-order valence-corrected chi connectivity index (χ2v) is 9.53. The molecule has 0 saturated heterocycles. The molecule has 1 aliphatic heterocycles. The van der Waals surface area contributed by atoms with Crippen molar-refractivity contribution in [2.75, 3.05) is 13.7 Å². The van der Waals surface area contributed by atoms with E-state index < -0.39 is 40.9 Å². The van der Waals surface area contributed by atoms with Gasteiger partial charge in [-0.05, 0) is 37.3 Å². The zero-order valence-corrected chi connectivity index (χ0v) is 21.6. The number of esters is 2. The Kier molecular flexibility index (Phi) is 7.54. The maximum Gasteiger partial charge on any atom is 0.338 e. The van der Waals surface area contributed by atoms with E-state index in [1.165, 1.54) is 30.3 Å². The number of hydrogen-bond donors (Lipinski definition) is 1. The molecule has 0 amide bonds. The van der Waals surface area contributed by atoms with Crippen molar-refractivity contribution in [3.63, 3.8) is 0 Å². The van der Waals surface area contributed by atoms with Gasteiger partial charge in [-0.15, -0.1) is 11.3 Å². The molecule has 1 unspecified atom stereocenters. The van der Waals surface area contributed by atoms with Crippen molar-refractivity contribution < 1.29 is 27.8 Å². The second kappa shape index (κ2) is 10.5. The van der Waals surface area contributed by atoms with Crippen molar-refractivity contribution in [1.82, 2.24) is 4.57 Å². The Morgan fingerprint density at radius 1 is 1.08 bits per heavy atom. The summed E-state index contributed by atoms with van der Waals surface area (Å²) in [6, 6.07) is 7.84. The summed E-state index contributed by atoms with van der Waals surface area (Å²) < 4.78 is 40.5. The van der Waals surface area contributed by atoms with Crippen LogP contribution >= 0.6 is 34.5 Å². The van der Waals surface area contributed by atoms with Gasteiger partial charge in [0.15, 0.2) is 0 Å². The van der Waals surface area contributed by atoms with Gasteiger partial charge in [-0.1, -0.05) is 35.3 Å². The summed E-state index contributed by atoms with van der Waals surface area (Å²) in [5.74, 6) is -5.34. The van der Waals surface area contributed by atoms with Crippen LogP contribution in [0.1, 0.15) is 24.0 Å². The number of carbonyl (C=O) groups is 2. The Morgan fingerprint density at radius 2 is 1.73 bits per heavy atom. The van der Waals surface area contributed by atoms with Crippen LogP contribution in [-0.4, -0.2) is 30.2 Å². The fourth-order valence-corrected chi connectivity index (χ4v) is 5.66. The summed E-state index contributed by atoms with van der Waals surface area (Å²) in [4.78, 5) is 39.7. The number of benzene rings is 2. The number of ether oxygens (including phenoxy) is 2. The third-order valence-electron chi connectivity index (χ3n) is 5.61. The van der Waals surface area contributed by atoms with E-state index in [4.69, 9.17) is 38.4 Å². The zero-order chi connectivity index (χ0) is 27.0. The second-order valence-electron chi connectivity index (χ2n) is 7.68. The van der Waals surface area contributed by atoms with Crippen LogP contribution in [0.3, 0.4) is 0 Å². The van der Waals surface area contributed by atoms with Gasteiger partial charge in [-0.3, -0.25) is 9.36 Å². The number of methoxy groups -OCH3 is 1. The van der Waals surface area contributed by atoms with Gasteiger partial charge < -0.3 is 15.2 Å². The zero-order valence-electron chi connectivity index (χ0n) is 19.3. The lowest BCUT2D eigenvalue weighted by atomic mass is 9.83. The molecular formula is C25H18Cl2F2N2O5S. The van der Waals surface area contributed by atoms with E-state index >= 15 is 4.39 Å². The normalized spacial score (nSPS) is 15.6. The lowest BCUT2D eigenvalue weighted by Crippen LogP contribution is -2.42. The molecule has 3 aromatic rings. The molecule has 1 atom stereocenters. The molecule has 0 aliphatic carbocycles. The molecule has 2 aromatic carbocycles. The van der Waals surface area contributed by atoms with E-state index in [0.717, 1.165) is 35.1 Å². The Labute approximate surface area is 222 Å². The van der Waals surface area contributed by atoms with Gasteiger partial charge in [0.05, 0.1) is 40.3 Å². The molecule has 1 aliphatic rings. The maximum absolute atomic E-state index is 15.2. The summed E-state index contributed by atoms with van der Waals surface area (Å²) in [5, 5.41) is -0.0574. The average molecular weight is 567 g/mol. The monoisotopic (exact) mass is 566 g/mol. The predicted octanol–water partition coefficient (Wildman–Crippen LogP) is 3.14. The van der Waals surface area contributed by atoms with E-state index in [-0.39, 0.29) is 48.1 Å². The van der Waals surface area contributed by atoms with Gasteiger partial charge in [0.25, 0.3) is 5.56 Å². The highest BCUT2D eigenvalue weighted by molar-refractivity contribution is 7.07. The van der Waals surface area contributed by atoms with Gasteiger partial charge in [0.1, 0.15) is 22.1 Å². The molecule has 192 valence electrons. The van der Waals surface area contributed by atoms with Crippen LogP contribution in [0, 0.1) is 11.6 Å². The van der Waals surface area contributed by atoms with Crippen LogP contribution in [0.4, 0.5) is 8.78 Å². The standard InChI is InChI=1S/C25H18Cl2F2N2O5S/c1-3-36-25(34)19-18(17-13(27)7-5-9-15(17)29)20(24(33)35-2)23-31(21(19)30)22(32)16(37-23)10-11-12(26)6-4-8-14(11)28/h4-10,18H,3,30H2,1-2H3/b16-10-. The van der Waals surface area contributed by atoms with Crippen molar-refractivity contribution in [3.05, 3.63) is 94.3 Å². The quantitative estimate of drug-likeness (QED) is 0.476. The van der Waals surface area contributed by atoms with Crippen LogP contribution in [0.15, 0.2) is 46.8 Å². The highest BCUT2D eigenvalue weighted by atomic mass is 35.5. The highest BCUT2D eigenvalue weighted by Crippen LogP contribution is 2.41. The van der Waals surface area contributed by atoms with Crippen molar-refractivity contribution in [2.24, 2.45) is 5.73 Å². The first-order valence-corrected chi connectivity index (χ1v) is 12.3. The third kappa shape index (κ3) is 4.56. The van der Waals surface area contributed by atoms with E-state index in [1.807, 2.05) is 0 Å². The summed E-state index contributed by atoms with van der Waals surface area (Å²) in [6.45, 7) is 1.47.